The SMILES string of the molecule is Cn1cc(S(=O)(=O)N2CCCC(C(F)(F)F)C2)c(N)n1. The van der Waals surface area contributed by atoms with Gasteiger partial charge in [-0.25, -0.2) is 8.42 Å². The lowest BCUT2D eigenvalue weighted by Gasteiger charge is -2.32. The molecule has 0 aromatic carbocycles. The highest BCUT2D eigenvalue weighted by Crippen LogP contribution is 2.35. The average Bonchev–Trinajstić information content (AvgIpc) is 2.68. The largest absolute Gasteiger partial charge is 0.393 e. The highest BCUT2D eigenvalue weighted by molar-refractivity contribution is 7.89. The number of nitrogen functional groups attached to an aromatic ring is 1. The van der Waals surface area contributed by atoms with Crippen molar-refractivity contribution in [1.29, 1.82) is 0 Å². The van der Waals surface area contributed by atoms with Crippen LogP contribution in [0, 0.1) is 5.92 Å². The Morgan fingerprint density at radius 3 is 2.60 bits per heavy atom. The van der Waals surface area contributed by atoms with Crippen molar-refractivity contribution in [2.75, 3.05) is 18.8 Å². The molecule has 0 aliphatic carbocycles. The van der Waals surface area contributed by atoms with Crippen LogP contribution in [0.5, 0.6) is 0 Å². The second kappa shape index (κ2) is 4.92. The van der Waals surface area contributed by atoms with E-state index in [-0.39, 0.29) is 30.1 Å². The Bertz CT molecular complexity index is 596. The minimum atomic E-state index is -4.39. The molecule has 6 nitrogen and oxygen atoms in total. The number of halogens is 3. The van der Waals surface area contributed by atoms with Crippen LogP contribution in [0.3, 0.4) is 0 Å². The van der Waals surface area contributed by atoms with Crippen molar-refractivity contribution in [3.63, 3.8) is 0 Å². The number of aromatic nitrogens is 2. The highest BCUT2D eigenvalue weighted by atomic mass is 32.2. The van der Waals surface area contributed by atoms with E-state index in [9.17, 15) is 21.6 Å². The number of hydrogen-bond acceptors (Lipinski definition) is 4. The van der Waals surface area contributed by atoms with Gasteiger partial charge in [0.05, 0.1) is 5.92 Å². The minimum absolute atomic E-state index is 0.0575. The van der Waals surface area contributed by atoms with Crippen LogP contribution in [0.15, 0.2) is 11.1 Å². The first-order valence-electron chi connectivity index (χ1n) is 5.98. The highest BCUT2D eigenvalue weighted by Gasteiger charge is 2.44. The molecule has 1 aliphatic rings. The fraction of sp³-hybridized carbons (Fsp3) is 0.700. The number of alkyl halides is 3. The molecule has 1 aromatic heterocycles. The molecule has 1 aromatic rings. The van der Waals surface area contributed by atoms with Crippen LogP contribution in [0.25, 0.3) is 0 Å². The van der Waals surface area contributed by atoms with Gasteiger partial charge >= 0.3 is 6.18 Å². The predicted molar refractivity (Wildman–Crippen MR) is 65.2 cm³/mol. The maximum Gasteiger partial charge on any atom is 0.393 e. The summed E-state index contributed by atoms with van der Waals surface area (Å²) in [4.78, 5) is -0.247. The van der Waals surface area contributed by atoms with Crippen molar-refractivity contribution >= 4 is 15.8 Å². The first-order valence-corrected chi connectivity index (χ1v) is 7.42. The summed E-state index contributed by atoms with van der Waals surface area (Å²) in [6.45, 7) is -0.511. The van der Waals surface area contributed by atoms with Gasteiger partial charge in [-0.2, -0.15) is 22.6 Å². The second-order valence-electron chi connectivity index (χ2n) is 4.80. The standard InChI is InChI=1S/C10H15F3N4O2S/c1-16-6-8(9(14)15-16)20(18,19)17-4-2-3-7(5-17)10(11,12)13/h6-7H,2-5H2,1H3,(H2,14,15). The summed E-state index contributed by atoms with van der Waals surface area (Å²) in [5.74, 6) is -1.84. The lowest BCUT2D eigenvalue weighted by atomic mass is 9.99. The summed E-state index contributed by atoms with van der Waals surface area (Å²) in [7, 11) is -2.55. The molecule has 0 amide bonds. The Morgan fingerprint density at radius 1 is 1.45 bits per heavy atom. The van der Waals surface area contributed by atoms with E-state index in [4.69, 9.17) is 5.73 Å². The van der Waals surface area contributed by atoms with Crippen LogP contribution < -0.4 is 5.73 Å². The molecular weight excluding hydrogens is 297 g/mol. The van der Waals surface area contributed by atoms with E-state index in [0.29, 0.717) is 0 Å². The number of aryl methyl sites for hydroxylation is 1. The molecule has 0 bridgehead atoms. The third-order valence-electron chi connectivity index (χ3n) is 3.29. The van der Waals surface area contributed by atoms with E-state index in [1.54, 1.807) is 0 Å². The first-order chi connectivity index (χ1) is 9.12. The zero-order valence-electron chi connectivity index (χ0n) is 10.8. The maximum absolute atomic E-state index is 12.7. The summed E-state index contributed by atoms with van der Waals surface area (Å²) >= 11 is 0. The summed E-state index contributed by atoms with van der Waals surface area (Å²) in [5.41, 5.74) is 5.49. The van der Waals surface area contributed by atoms with Crippen molar-refractivity contribution in [3.05, 3.63) is 6.20 Å². The molecule has 2 heterocycles. The Morgan fingerprint density at radius 2 is 2.10 bits per heavy atom. The smallest absolute Gasteiger partial charge is 0.381 e. The minimum Gasteiger partial charge on any atom is -0.381 e. The molecular formula is C10H15F3N4O2S. The van der Waals surface area contributed by atoms with Crippen molar-refractivity contribution in [3.8, 4) is 0 Å². The Kier molecular flexibility index (Phi) is 3.71. The van der Waals surface area contributed by atoms with Crippen LogP contribution >= 0.6 is 0 Å². The lowest BCUT2D eigenvalue weighted by molar-refractivity contribution is -0.182. The molecule has 10 heteroatoms. The van der Waals surface area contributed by atoms with Gasteiger partial charge in [-0.1, -0.05) is 0 Å². The molecule has 114 valence electrons. The van der Waals surface area contributed by atoms with E-state index >= 15 is 0 Å². The Hall–Kier alpha value is -1.29. The van der Waals surface area contributed by atoms with E-state index in [2.05, 4.69) is 5.10 Å². The van der Waals surface area contributed by atoms with Crippen LogP contribution in [-0.2, 0) is 17.1 Å². The number of anilines is 1. The second-order valence-corrected chi connectivity index (χ2v) is 6.70. The zero-order chi connectivity index (χ0) is 15.1. The molecule has 0 radical (unpaired) electrons. The molecule has 2 rings (SSSR count). The number of nitrogens with zero attached hydrogens (tertiary/aromatic N) is 3. The number of hydrogen-bond donors (Lipinski definition) is 1. The number of rotatable bonds is 2. The van der Waals surface area contributed by atoms with Gasteiger partial charge in [-0.3, -0.25) is 4.68 Å². The molecule has 1 atom stereocenters. The van der Waals surface area contributed by atoms with Crippen LogP contribution in [0.2, 0.25) is 0 Å². The lowest BCUT2D eigenvalue weighted by Crippen LogP contribution is -2.44. The fourth-order valence-electron chi connectivity index (χ4n) is 2.25. The summed E-state index contributed by atoms with van der Waals surface area (Å²) in [6.07, 6.45) is -3.09. The molecule has 1 aliphatic heterocycles. The summed E-state index contributed by atoms with van der Waals surface area (Å²) in [6, 6.07) is 0. The van der Waals surface area contributed by atoms with Gasteiger partial charge in [0.2, 0.25) is 10.0 Å². The van der Waals surface area contributed by atoms with Gasteiger partial charge in [0, 0.05) is 26.3 Å². The topological polar surface area (TPSA) is 81.2 Å². The van der Waals surface area contributed by atoms with Gasteiger partial charge < -0.3 is 5.73 Å². The summed E-state index contributed by atoms with van der Waals surface area (Å²) in [5, 5.41) is 3.71. The number of nitrogens with two attached hydrogens (primary N) is 1. The van der Waals surface area contributed by atoms with Crippen LogP contribution in [-0.4, -0.2) is 41.8 Å². The summed E-state index contributed by atoms with van der Waals surface area (Å²) < 4.78 is 64.9. The molecule has 2 N–H and O–H groups in total. The van der Waals surface area contributed by atoms with Gasteiger partial charge in [0.25, 0.3) is 0 Å². The van der Waals surface area contributed by atoms with E-state index in [1.165, 1.54) is 17.9 Å². The fourth-order valence-corrected chi connectivity index (χ4v) is 3.86. The van der Waals surface area contributed by atoms with Crippen molar-refractivity contribution < 1.29 is 21.6 Å². The molecule has 0 spiro atoms. The van der Waals surface area contributed by atoms with Crippen molar-refractivity contribution in [2.24, 2.45) is 13.0 Å². The van der Waals surface area contributed by atoms with E-state index < -0.39 is 28.7 Å². The maximum atomic E-state index is 12.7. The number of sulfonamides is 1. The van der Waals surface area contributed by atoms with E-state index in [0.717, 1.165) is 4.31 Å². The van der Waals surface area contributed by atoms with Gasteiger partial charge in [-0.05, 0) is 12.8 Å². The quantitative estimate of drug-likeness (QED) is 0.882. The molecule has 0 saturated carbocycles. The van der Waals surface area contributed by atoms with Crippen LogP contribution in [0.4, 0.5) is 19.0 Å². The molecule has 1 unspecified atom stereocenters. The van der Waals surface area contributed by atoms with Crippen molar-refractivity contribution in [1.82, 2.24) is 14.1 Å². The predicted octanol–water partition coefficient (Wildman–Crippen LogP) is 0.965. The third kappa shape index (κ3) is 2.75. The first kappa shape index (κ1) is 15.1. The van der Waals surface area contributed by atoms with Crippen LogP contribution in [0.1, 0.15) is 12.8 Å². The molecule has 1 saturated heterocycles. The average molecular weight is 312 g/mol. The van der Waals surface area contributed by atoms with E-state index in [1.807, 2.05) is 0 Å². The zero-order valence-corrected chi connectivity index (χ0v) is 11.6. The van der Waals surface area contributed by atoms with Gasteiger partial charge in [0.15, 0.2) is 5.82 Å². The third-order valence-corrected chi connectivity index (χ3v) is 5.17. The monoisotopic (exact) mass is 312 g/mol. The normalized spacial score (nSPS) is 22.1. The van der Waals surface area contributed by atoms with Crippen molar-refractivity contribution in [2.45, 2.75) is 23.9 Å². The Labute approximate surface area is 114 Å². The van der Waals surface area contributed by atoms with Gasteiger partial charge in [0.1, 0.15) is 4.90 Å². The number of piperidine rings is 1. The Balaban J connectivity index is 2.28. The molecule has 1 fully saturated rings. The molecule has 20 heavy (non-hydrogen) atoms. The van der Waals surface area contributed by atoms with Gasteiger partial charge in [-0.15, -0.1) is 0 Å².